The van der Waals surface area contributed by atoms with E-state index in [1.807, 2.05) is 45.0 Å². The summed E-state index contributed by atoms with van der Waals surface area (Å²) in [4.78, 5) is 16.1. The van der Waals surface area contributed by atoms with E-state index in [0.29, 0.717) is 43.6 Å². The van der Waals surface area contributed by atoms with Crippen LogP contribution in [0.5, 0.6) is 11.5 Å². The number of aliphatic imine (C=N–C) groups is 1. The van der Waals surface area contributed by atoms with Crippen LogP contribution < -0.4 is 25.4 Å². The fourth-order valence-corrected chi connectivity index (χ4v) is 2.67. The van der Waals surface area contributed by atoms with E-state index >= 15 is 0 Å². The topological polar surface area (TPSA) is 84.0 Å². The summed E-state index contributed by atoms with van der Waals surface area (Å²) in [5.74, 6) is 1.45. The molecule has 0 aliphatic heterocycles. The minimum absolute atomic E-state index is 0. The molecule has 176 valence electrons. The van der Waals surface area contributed by atoms with Crippen molar-refractivity contribution in [1.29, 1.82) is 0 Å². The molecule has 0 fully saturated rings. The molecule has 0 spiro atoms. The molecule has 1 atom stereocenters. The van der Waals surface area contributed by atoms with Gasteiger partial charge in [0.1, 0.15) is 23.4 Å². The zero-order valence-electron chi connectivity index (χ0n) is 18.7. The molecule has 0 aromatic heterocycles. The van der Waals surface area contributed by atoms with Gasteiger partial charge in [0.15, 0.2) is 12.6 Å². The molecule has 0 radical (unpaired) electrons. The highest BCUT2D eigenvalue weighted by Gasteiger charge is 2.07. The number of hydrogen-bond acceptors (Lipinski definition) is 4. The molecular formula is C23H32FIN4O3. The van der Waals surface area contributed by atoms with Gasteiger partial charge in [-0.1, -0.05) is 12.1 Å². The lowest BCUT2D eigenvalue weighted by molar-refractivity contribution is -0.122. The molecule has 2 aromatic carbocycles. The van der Waals surface area contributed by atoms with Crippen LogP contribution in [0.2, 0.25) is 0 Å². The number of likely N-dealkylation sites (N-methyl/N-ethyl adjacent to an activating group) is 1. The van der Waals surface area contributed by atoms with Crippen molar-refractivity contribution in [2.24, 2.45) is 4.99 Å². The Labute approximate surface area is 206 Å². The number of rotatable bonds is 11. The Bertz CT molecular complexity index is 849. The van der Waals surface area contributed by atoms with Gasteiger partial charge in [-0.25, -0.2) is 9.38 Å². The van der Waals surface area contributed by atoms with Gasteiger partial charge in [0.05, 0.1) is 13.1 Å². The second kappa shape index (κ2) is 15.3. The quantitative estimate of drug-likeness (QED) is 0.224. The van der Waals surface area contributed by atoms with Gasteiger partial charge in [-0.2, -0.15) is 0 Å². The van der Waals surface area contributed by atoms with Crippen molar-refractivity contribution < 1.29 is 18.7 Å². The average Bonchev–Trinajstić information content (AvgIpc) is 2.76. The summed E-state index contributed by atoms with van der Waals surface area (Å²) in [7, 11) is 0. The summed E-state index contributed by atoms with van der Waals surface area (Å²) in [6.45, 7) is 8.03. The van der Waals surface area contributed by atoms with E-state index in [4.69, 9.17) is 9.47 Å². The lowest BCUT2D eigenvalue weighted by Crippen LogP contribution is -2.41. The summed E-state index contributed by atoms with van der Waals surface area (Å²) in [5, 5.41) is 9.14. The molecule has 0 saturated heterocycles. The van der Waals surface area contributed by atoms with Gasteiger partial charge in [-0.05, 0) is 62.7 Å². The van der Waals surface area contributed by atoms with Gasteiger partial charge in [0.25, 0.3) is 5.91 Å². The molecule has 7 nitrogen and oxygen atoms in total. The van der Waals surface area contributed by atoms with Crippen LogP contribution >= 0.6 is 24.0 Å². The molecule has 0 saturated carbocycles. The van der Waals surface area contributed by atoms with Crippen molar-refractivity contribution in [3.8, 4) is 11.5 Å². The lowest BCUT2D eigenvalue weighted by Gasteiger charge is -2.17. The van der Waals surface area contributed by atoms with Crippen molar-refractivity contribution in [2.45, 2.75) is 33.4 Å². The predicted molar refractivity (Wildman–Crippen MR) is 135 cm³/mol. The maximum atomic E-state index is 13.0. The SMILES string of the molecule is CCNC(=O)COc1cccc(CN=C(NCC)NCC(C)Oc2ccc(F)cc2)c1.I. The molecule has 0 aliphatic rings. The number of benzene rings is 2. The van der Waals surface area contributed by atoms with E-state index in [1.54, 1.807) is 12.1 Å². The van der Waals surface area contributed by atoms with E-state index in [0.717, 1.165) is 5.56 Å². The Kier molecular flexibility index (Phi) is 13.1. The molecule has 1 amide bonds. The number of nitrogens with one attached hydrogen (secondary N) is 3. The lowest BCUT2D eigenvalue weighted by atomic mass is 10.2. The third-order valence-electron chi connectivity index (χ3n) is 4.11. The van der Waals surface area contributed by atoms with Crippen LogP contribution in [0.15, 0.2) is 53.5 Å². The molecule has 32 heavy (non-hydrogen) atoms. The maximum Gasteiger partial charge on any atom is 0.257 e. The van der Waals surface area contributed by atoms with Gasteiger partial charge < -0.3 is 25.4 Å². The monoisotopic (exact) mass is 558 g/mol. The molecule has 0 bridgehead atoms. The largest absolute Gasteiger partial charge is 0.489 e. The van der Waals surface area contributed by atoms with Crippen LogP contribution in [0.4, 0.5) is 4.39 Å². The fraction of sp³-hybridized carbons (Fsp3) is 0.391. The highest BCUT2D eigenvalue weighted by molar-refractivity contribution is 14.0. The van der Waals surface area contributed by atoms with E-state index < -0.39 is 0 Å². The number of amides is 1. The van der Waals surface area contributed by atoms with E-state index in [2.05, 4.69) is 20.9 Å². The van der Waals surface area contributed by atoms with Crippen LogP contribution in [0, 0.1) is 5.82 Å². The van der Waals surface area contributed by atoms with E-state index in [1.165, 1.54) is 12.1 Å². The normalized spacial score (nSPS) is 11.7. The predicted octanol–water partition coefficient (Wildman–Crippen LogP) is 3.48. The first-order chi connectivity index (χ1) is 15.0. The fourth-order valence-electron chi connectivity index (χ4n) is 2.67. The third-order valence-corrected chi connectivity index (χ3v) is 4.11. The minimum atomic E-state index is -0.293. The number of nitrogens with zero attached hydrogens (tertiary/aromatic N) is 1. The number of guanidine groups is 1. The highest BCUT2D eigenvalue weighted by atomic mass is 127. The van der Waals surface area contributed by atoms with Crippen LogP contribution in [-0.4, -0.2) is 44.2 Å². The molecule has 0 heterocycles. The number of carbonyl (C=O) groups excluding carboxylic acids is 1. The van der Waals surface area contributed by atoms with E-state index in [-0.39, 0.29) is 48.4 Å². The maximum absolute atomic E-state index is 13.0. The minimum Gasteiger partial charge on any atom is -0.489 e. The Morgan fingerprint density at radius 1 is 1.03 bits per heavy atom. The average molecular weight is 558 g/mol. The number of ether oxygens (including phenoxy) is 2. The highest BCUT2D eigenvalue weighted by Crippen LogP contribution is 2.14. The van der Waals surface area contributed by atoms with Crippen LogP contribution in [0.25, 0.3) is 0 Å². The Balaban J connectivity index is 0.00000512. The summed E-state index contributed by atoms with van der Waals surface area (Å²) in [6.07, 6.45) is -0.139. The van der Waals surface area contributed by atoms with Gasteiger partial charge >= 0.3 is 0 Å². The Morgan fingerprint density at radius 2 is 1.75 bits per heavy atom. The zero-order chi connectivity index (χ0) is 22.5. The molecular weight excluding hydrogens is 526 g/mol. The first-order valence-electron chi connectivity index (χ1n) is 10.4. The smallest absolute Gasteiger partial charge is 0.257 e. The standard InChI is InChI=1S/C23H31FN4O3.HI/c1-4-25-22(29)16-30-21-8-6-7-18(13-21)15-28-23(26-5-2)27-14-17(3)31-20-11-9-19(24)10-12-20;/h6-13,17H,4-5,14-16H2,1-3H3,(H,25,29)(H2,26,27,28);1H. The molecule has 2 aromatic rings. The number of halogens is 2. The van der Waals surface area contributed by atoms with Gasteiger partial charge in [-0.3, -0.25) is 4.79 Å². The number of carbonyl (C=O) groups is 1. The summed E-state index contributed by atoms with van der Waals surface area (Å²) in [6, 6.07) is 13.4. The first-order valence-corrected chi connectivity index (χ1v) is 10.4. The second-order valence-electron chi connectivity index (χ2n) is 6.85. The van der Waals surface area contributed by atoms with E-state index in [9.17, 15) is 9.18 Å². The van der Waals surface area contributed by atoms with Crippen molar-refractivity contribution in [2.75, 3.05) is 26.2 Å². The molecule has 1 unspecified atom stereocenters. The van der Waals surface area contributed by atoms with Crippen molar-refractivity contribution in [3.63, 3.8) is 0 Å². The summed E-state index contributed by atoms with van der Waals surface area (Å²) < 4.78 is 24.3. The van der Waals surface area contributed by atoms with Crippen molar-refractivity contribution >= 4 is 35.8 Å². The third kappa shape index (κ3) is 10.7. The van der Waals surface area contributed by atoms with Gasteiger partial charge in [0, 0.05) is 13.1 Å². The van der Waals surface area contributed by atoms with Crippen LogP contribution in [-0.2, 0) is 11.3 Å². The van der Waals surface area contributed by atoms with Gasteiger partial charge in [-0.15, -0.1) is 24.0 Å². The Hall–Kier alpha value is -2.56. The molecule has 2 rings (SSSR count). The van der Waals surface area contributed by atoms with Gasteiger partial charge in [0.2, 0.25) is 0 Å². The van der Waals surface area contributed by atoms with Crippen LogP contribution in [0.1, 0.15) is 26.3 Å². The van der Waals surface area contributed by atoms with Crippen molar-refractivity contribution in [3.05, 3.63) is 59.9 Å². The summed E-state index contributed by atoms with van der Waals surface area (Å²) >= 11 is 0. The second-order valence-corrected chi connectivity index (χ2v) is 6.85. The summed E-state index contributed by atoms with van der Waals surface area (Å²) in [5.41, 5.74) is 0.959. The Morgan fingerprint density at radius 3 is 2.44 bits per heavy atom. The molecule has 3 N–H and O–H groups in total. The zero-order valence-corrected chi connectivity index (χ0v) is 21.0. The first kappa shape index (κ1) is 27.5. The molecule has 0 aliphatic carbocycles. The number of hydrogen-bond donors (Lipinski definition) is 3. The molecule has 9 heteroatoms. The van der Waals surface area contributed by atoms with Crippen LogP contribution in [0.3, 0.4) is 0 Å². The van der Waals surface area contributed by atoms with Crippen molar-refractivity contribution in [1.82, 2.24) is 16.0 Å².